The van der Waals surface area contributed by atoms with Crippen LogP contribution < -0.4 is 4.90 Å². The molecule has 0 spiro atoms. The number of hydrogen-bond donors (Lipinski definition) is 1. The molecule has 2 rings (SSSR count). The molecule has 0 aliphatic carbocycles. The van der Waals surface area contributed by atoms with Gasteiger partial charge in [-0.05, 0) is 6.07 Å². The fourth-order valence-electron chi connectivity index (χ4n) is 1.58. The molecule has 0 amide bonds. The van der Waals surface area contributed by atoms with Gasteiger partial charge in [0.1, 0.15) is 5.50 Å². The molecule has 1 unspecified atom stereocenters. The number of carbonyl (C=O) groups is 1. The van der Waals surface area contributed by atoms with Crippen LogP contribution in [0.4, 0.5) is 5.95 Å². The number of nitrogens with zero attached hydrogens (tertiary/aromatic N) is 3. The summed E-state index contributed by atoms with van der Waals surface area (Å²) in [4.78, 5) is 20.7. The quantitative estimate of drug-likeness (QED) is 0.628. The van der Waals surface area contributed by atoms with Crippen LogP contribution in [0.15, 0.2) is 12.3 Å². The molecule has 1 atom stereocenters. The molecule has 0 radical (unpaired) electrons. The van der Waals surface area contributed by atoms with Gasteiger partial charge in [-0.2, -0.15) is 0 Å². The van der Waals surface area contributed by atoms with Gasteiger partial charge in [-0.1, -0.05) is 11.6 Å². The molecule has 1 aliphatic rings. The molecule has 1 aromatic rings. The summed E-state index contributed by atoms with van der Waals surface area (Å²) in [6, 6.07) is 1.58. The lowest BCUT2D eigenvalue weighted by molar-refractivity contribution is -0.136. The second-order valence-electron chi connectivity index (χ2n) is 3.62. The van der Waals surface area contributed by atoms with E-state index in [0.29, 0.717) is 31.4 Å². The van der Waals surface area contributed by atoms with E-state index in [-0.39, 0.29) is 11.9 Å². The minimum atomic E-state index is -0.918. The van der Waals surface area contributed by atoms with E-state index < -0.39 is 5.97 Å². The van der Waals surface area contributed by atoms with Crippen molar-refractivity contribution in [3.05, 3.63) is 18.0 Å². The molecule has 17 heavy (non-hydrogen) atoms. The van der Waals surface area contributed by atoms with Crippen molar-refractivity contribution in [3.63, 3.8) is 0 Å². The first-order chi connectivity index (χ1) is 8.16. The van der Waals surface area contributed by atoms with E-state index in [9.17, 15) is 4.79 Å². The van der Waals surface area contributed by atoms with E-state index >= 15 is 0 Å². The first kappa shape index (κ1) is 12.1. The zero-order valence-corrected chi connectivity index (χ0v) is 9.80. The van der Waals surface area contributed by atoms with E-state index in [4.69, 9.17) is 21.4 Å². The first-order valence-corrected chi connectivity index (χ1v) is 5.62. The third-order valence-corrected chi connectivity index (χ3v) is 2.72. The summed E-state index contributed by atoms with van der Waals surface area (Å²) in [7, 11) is 0. The lowest BCUT2D eigenvalue weighted by Crippen LogP contribution is -2.43. The average Bonchev–Trinajstić information content (AvgIpc) is 2.29. The number of morpholine rings is 1. The first-order valence-electron chi connectivity index (χ1n) is 5.19. The van der Waals surface area contributed by atoms with Gasteiger partial charge in [0.2, 0.25) is 5.95 Å². The van der Waals surface area contributed by atoms with E-state index in [1.165, 1.54) is 0 Å². The zero-order valence-electron chi connectivity index (χ0n) is 9.04. The van der Waals surface area contributed by atoms with E-state index in [1.807, 2.05) is 0 Å². The molecule has 7 heteroatoms. The van der Waals surface area contributed by atoms with Crippen molar-refractivity contribution < 1.29 is 14.6 Å². The monoisotopic (exact) mass is 257 g/mol. The Labute approximate surface area is 103 Å². The molecule has 0 aromatic carbocycles. The highest BCUT2D eigenvalue weighted by atomic mass is 35.5. The Morgan fingerprint density at radius 3 is 3.24 bits per heavy atom. The summed E-state index contributed by atoms with van der Waals surface area (Å²) in [5, 5.41) is 8.70. The van der Waals surface area contributed by atoms with Crippen LogP contribution in [0.2, 0.25) is 0 Å². The summed E-state index contributed by atoms with van der Waals surface area (Å²) in [6.07, 6.45) is 1.42. The fourth-order valence-corrected chi connectivity index (χ4v) is 1.85. The molecule has 0 bridgehead atoms. The van der Waals surface area contributed by atoms with Crippen LogP contribution >= 0.6 is 11.6 Å². The van der Waals surface area contributed by atoms with Crippen molar-refractivity contribution in [1.82, 2.24) is 9.97 Å². The largest absolute Gasteiger partial charge is 0.481 e. The minimum Gasteiger partial charge on any atom is -0.481 e. The molecule has 92 valence electrons. The number of anilines is 1. The summed E-state index contributed by atoms with van der Waals surface area (Å²) < 4.78 is 5.20. The second kappa shape index (κ2) is 5.29. The highest BCUT2D eigenvalue weighted by Gasteiger charge is 2.23. The normalized spacial score (nSPS) is 20.3. The second-order valence-corrected chi connectivity index (χ2v) is 4.13. The number of alkyl halides is 1. The number of carboxylic acid groups (broad SMARTS) is 1. The van der Waals surface area contributed by atoms with Crippen LogP contribution in [-0.2, 0) is 16.0 Å². The van der Waals surface area contributed by atoms with Gasteiger partial charge >= 0.3 is 5.97 Å². The number of carboxylic acids is 1. The third kappa shape index (κ3) is 3.04. The maximum absolute atomic E-state index is 10.6. The van der Waals surface area contributed by atoms with Crippen molar-refractivity contribution in [3.8, 4) is 0 Å². The van der Waals surface area contributed by atoms with E-state index in [0.717, 1.165) is 0 Å². The number of aromatic nitrogens is 2. The molecule has 1 saturated heterocycles. The summed E-state index contributed by atoms with van der Waals surface area (Å²) in [5.74, 6) is -0.467. The van der Waals surface area contributed by atoms with Gasteiger partial charge in [0.05, 0.1) is 25.3 Å². The molecule has 1 aromatic heterocycles. The van der Waals surface area contributed by atoms with E-state index in [2.05, 4.69) is 9.97 Å². The Hall–Kier alpha value is -1.40. The molecule has 1 fully saturated rings. The Bertz CT molecular complexity index is 416. The third-order valence-electron chi connectivity index (χ3n) is 2.36. The lowest BCUT2D eigenvalue weighted by atomic mass is 10.3. The van der Waals surface area contributed by atoms with Crippen LogP contribution in [0.3, 0.4) is 0 Å². The SMILES string of the molecule is O=C(O)Cc1ccnc(N2CCOCC2Cl)n1. The Balaban J connectivity index is 2.17. The van der Waals surface area contributed by atoms with Crippen LogP contribution in [0.1, 0.15) is 5.69 Å². The highest BCUT2D eigenvalue weighted by Crippen LogP contribution is 2.17. The Morgan fingerprint density at radius 1 is 1.71 bits per heavy atom. The molecule has 6 nitrogen and oxygen atoms in total. The van der Waals surface area contributed by atoms with Gasteiger partial charge < -0.3 is 14.7 Å². The van der Waals surface area contributed by atoms with Crippen molar-refractivity contribution in [2.75, 3.05) is 24.7 Å². The number of rotatable bonds is 3. The lowest BCUT2D eigenvalue weighted by Gasteiger charge is -2.31. The molecular weight excluding hydrogens is 246 g/mol. The van der Waals surface area contributed by atoms with Crippen LogP contribution in [0.25, 0.3) is 0 Å². The maximum atomic E-state index is 10.6. The Kier molecular flexibility index (Phi) is 3.75. The zero-order chi connectivity index (χ0) is 12.3. The molecule has 0 saturated carbocycles. The van der Waals surface area contributed by atoms with Gasteiger partial charge in [-0.3, -0.25) is 4.79 Å². The van der Waals surface area contributed by atoms with Gasteiger partial charge in [0.25, 0.3) is 0 Å². The Morgan fingerprint density at radius 2 is 2.53 bits per heavy atom. The van der Waals surface area contributed by atoms with Crippen LogP contribution in [-0.4, -0.2) is 46.3 Å². The van der Waals surface area contributed by atoms with Gasteiger partial charge in [-0.15, -0.1) is 0 Å². The average molecular weight is 258 g/mol. The van der Waals surface area contributed by atoms with Crippen molar-refractivity contribution in [1.29, 1.82) is 0 Å². The van der Waals surface area contributed by atoms with Crippen molar-refractivity contribution >= 4 is 23.5 Å². The molecule has 1 N–H and O–H groups in total. The standard InChI is InChI=1S/C10H12ClN3O3/c11-8-6-17-4-3-14(8)10-12-2-1-7(13-10)5-9(15)16/h1-2,8H,3-6H2,(H,15,16). The van der Waals surface area contributed by atoms with Crippen LogP contribution in [0.5, 0.6) is 0 Å². The fraction of sp³-hybridized carbons (Fsp3) is 0.500. The molecule has 1 aliphatic heterocycles. The van der Waals surface area contributed by atoms with Gasteiger partial charge in [0.15, 0.2) is 0 Å². The van der Waals surface area contributed by atoms with Gasteiger partial charge in [0, 0.05) is 12.7 Å². The number of hydrogen-bond acceptors (Lipinski definition) is 5. The molecule has 2 heterocycles. The van der Waals surface area contributed by atoms with Crippen molar-refractivity contribution in [2.45, 2.75) is 11.9 Å². The predicted molar refractivity (Wildman–Crippen MR) is 61.2 cm³/mol. The maximum Gasteiger partial charge on any atom is 0.309 e. The minimum absolute atomic E-state index is 0.118. The smallest absolute Gasteiger partial charge is 0.309 e. The topological polar surface area (TPSA) is 75.5 Å². The summed E-state index contributed by atoms with van der Waals surface area (Å²) in [5.41, 5.74) is 0.154. The number of ether oxygens (including phenoxy) is 1. The van der Waals surface area contributed by atoms with Gasteiger partial charge in [-0.25, -0.2) is 9.97 Å². The summed E-state index contributed by atoms with van der Waals surface area (Å²) >= 11 is 6.08. The molecular formula is C10H12ClN3O3. The van der Waals surface area contributed by atoms with E-state index in [1.54, 1.807) is 17.2 Å². The predicted octanol–water partition coefficient (Wildman–Crippen LogP) is 0.505. The number of halogens is 1. The summed E-state index contributed by atoms with van der Waals surface area (Å²) in [6.45, 7) is 1.58. The number of aliphatic carboxylic acids is 1. The van der Waals surface area contributed by atoms with Crippen LogP contribution in [0, 0.1) is 0 Å². The van der Waals surface area contributed by atoms with Crippen molar-refractivity contribution in [2.24, 2.45) is 0 Å². The highest BCUT2D eigenvalue weighted by molar-refractivity contribution is 6.21.